The van der Waals surface area contributed by atoms with Crippen LogP contribution in [-0.4, -0.2) is 40.7 Å². The molecule has 1 aliphatic rings. The second-order valence-corrected chi connectivity index (χ2v) is 6.42. The van der Waals surface area contributed by atoms with Crippen molar-refractivity contribution in [1.82, 2.24) is 9.88 Å². The number of aryl methyl sites for hydroxylation is 1. The fraction of sp³-hybridized carbons (Fsp3) is 0.412. The zero-order valence-electron chi connectivity index (χ0n) is 13.1. The minimum Gasteiger partial charge on any atom is -0.396 e. The van der Waals surface area contributed by atoms with Crippen LogP contribution in [0.3, 0.4) is 0 Å². The molecule has 2 N–H and O–H groups in total. The minimum atomic E-state index is -0.181. The van der Waals surface area contributed by atoms with E-state index in [0.717, 1.165) is 29.3 Å². The van der Waals surface area contributed by atoms with Crippen LogP contribution in [0.4, 0.5) is 10.5 Å². The first-order valence-electron chi connectivity index (χ1n) is 7.80. The molecular formula is C17H20ClN3O2. The van der Waals surface area contributed by atoms with Gasteiger partial charge in [0.1, 0.15) is 0 Å². The summed E-state index contributed by atoms with van der Waals surface area (Å²) in [5.41, 5.74) is 2.40. The molecule has 1 aliphatic heterocycles. The first-order chi connectivity index (χ1) is 11.1. The molecule has 0 unspecified atom stereocenters. The molecule has 1 fully saturated rings. The highest BCUT2D eigenvalue weighted by Crippen LogP contribution is 2.33. The number of carbonyl (C=O) groups excluding carboxylic acids is 1. The number of urea groups is 1. The molecule has 0 saturated carbocycles. The lowest BCUT2D eigenvalue weighted by molar-refractivity contribution is 0.136. The standard InChI is InChI=1S/C17H20ClN3O2/c1-11-8-14(18)16(13-5-2-6-19-15(11)13)20-17(23)21-7-3-4-12(9-21)10-22/h2,5-6,8,12,22H,3-4,7,9-10H2,1H3,(H,20,23)/t12-/m1/s1. The van der Waals surface area contributed by atoms with Gasteiger partial charge in [-0.1, -0.05) is 11.6 Å². The fourth-order valence-corrected chi connectivity index (χ4v) is 3.40. The monoisotopic (exact) mass is 333 g/mol. The Kier molecular flexibility index (Phi) is 4.68. The summed E-state index contributed by atoms with van der Waals surface area (Å²) in [7, 11) is 0. The third kappa shape index (κ3) is 3.26. The Labute approximate surface area is 140 Å². The largest absolute Gasteiger partial charge is 0.396 e. The lowest BCUT2D eigenvalue weighted by Crippen LogP contribution is -2.43. The number of aliphatic hydroxyl groups excluding tert-OH is 1. The summed E-state index contributed by atoms with van der Waals surface area (Å²) in [6.07, 6.45) is 3.59. The van der Waals surface area contributed by atoms with Gasteiger partial charge in [0.2, 0.25) is 0 Å². The van der Waals surface area contributed by atoms with E-state index in [-0.39, 0.29) is 18.6 Å². The Hall–Kier alpha value is -1.85. The van der Waals surface area contributed by atoms with Crippen LogP contribution >= 0.6 is 11.6 Å². The summed E-state index contributed by atoms with van der Waals surface area (Å²) in [5.74, 6) is 0.154. The van der Waals surface area contributed by atoms with Crippen molar-refractivity contribution in [3.05, 3.63) is 35.0 Å². The van der Waals surface area contributed by atoms with Crippen LogP contribution < -0.4 is 5.32 Å². The molecule has 1 atom stereocenters. The molecule has 23 heavy (non-hydrogen) atoms. The van der Waals surface area contributed by atoms with Crippen molar-refractivity contribution in [2.75, 3.05) is 25.0 Å². The third-order valence-electron chi connectivity index (χ3n) is 4.33. The van der Waals surface area contributed by atoms with E-state index in [9.17, 15) is 9.90 Å². The Balaban J connectivity index is 1.88. The molecule has 2 amide bonds. The molecule has 5 nitrogen and oxygen atoms in total. The number of benzene rings is 1. The summed E-state index contributed by atoms with van der Waals surface area (Å²) in [4.78, 5) is 18.7. The number of aliphatic hydroxyl groups is 1. The molecule has 0 aliphatic carbocycles. The number of rotatable bonds is 2. The third-order valence-corrected chi connectivity index (χ3v) is 4.63. The Bertz CT molecular complexity index is 735. The minimum absolute atomic E-state index is 0.113. The molecular weight excluding hydrogens is 314 g/mol. The van der Waals surface area contributed by atoms with Crippen molar-refractivity contribution in [2.24, 2.45) is 5.92 Å². The number of hydrogen-bond acceptors (Lipinski definition) is 3. The highest BCUT2D eigenvalue weighted by atomic mass is 35.5. The van der Waals surface area contributed by atoms with E-state index in [0.29, 0.717) is 23.8 Å². The first kappa shape index (κ1) is 16.0. The molecule has 0 bridgehead atoms. The van der Waals surface area contributed by atoms with Gasteiger partial charge >= 0.3 is 6.03 Å². The van der Waals surface area contributed by atoms with Gasteiger partial charge in [0, 0.05) is 31.3 Å². The van der Waals surface area contributed by atoms with E-state index >= 15 is 0 Å². The molecule has 3 rings (SSSR count). The van der Waals surface area contributed by atoms with Crippen molar-refractivity contribution in [1.29, 1.82) is 0 Å². The van der Waals surface area contributed by atoms with Crippen LogP contribution in [0, 0.1) is 12.8 Å². The van der Waals surface area contributed by atoms with Gasteiger partial charge in [-0.05, 0) is 49.4 Å². The number of halogens is 1. The average molecular weight is 334 g/mol. The normalized spacial score (nSPS) is 18.2. The van der Waals surface area contributed by atoms with E-state index in [1.165, 1.54) is 0 Å². The second kappa shape index (κ2) is 6.72. The van der Waals surface area contributed by atoms with Gasteiger partial charge in [-0.25, -0.2) is 4.79 Å². The zero-order valence-corrected chi connectivity index (χ0v) is 13.8. The number of anilines is 1. The summed E-state index contributed by atoms with van der Waals surface area (Å²) < 4.78 is 0. The van der Waals surface area contributed by atoms with Crippen LogP contribution in [0.15, 0.2) is 24.4 Å². The maximum Gasteiger partial charge on any atom is 0.321 e. The summed E-state index contributed by atoms with van der Waals surface area (Å²) in [6, 6.07) is 5.37. The van der Waals surface area contributed by atoms with Crippen LogP contribution in [0.25, 0.3) is 10.9 Å². The van der Waals surface area contributed by atoms with E-state index in [2.05, 4.69) is 10.3 Å². The average Bonchev–Trinajstić information content (AvgIpc) is 2.58. The van der Waals surface area contributed by atoms with Gasteiger partial charge in [-0.2, -0.15) is 0 Å². The molecule has 6 heteroatoms. The number of hydrogen-bond donors (Lipinski definition) is 2. The number of nitrogens with zero attached hydrogens (tertiary/aromatic N) is 2. The molecule has 0 radical (unpaired) electrons. The number of nitrogens with one attached hydrogen (secondary N) is 1. The van der Waals surface area contributed by atoms with Crippen molar-refractivity contribution in [3.8, 4) is 0 Å². The van der Waals surface area contributed by atoms with Gasteiger partial charge in [-0.15, -0.1) is 0 Å². The van der Waals surface area contributed by atoms with Crippen molar-refractivity contribution < 1.29 is 9.90 Å². The molecule has 1 aromatic carbocycles. The topological polar surface area (TPSA) is 65.5 Å². The summed E-state index contributed by atoms with van der Waals surface area (Å²) >= 11 is 6.35. The molecule has 1 aromatic heterocycles. The number of piperidine rings is 1. The smallest absolute Gasteiger partial charge is 0.321 e. The van der Waals surface area contributed by atoms with Crippen LogP contribution in [-0.2, 0) is 0 Å². The molecule has 1 saturated heterocycles. The SMILES string of the molecule is Cc1cc(Cl)c(NC(=O)N2CCC[C@@H](CO)C2)c2cccnc12. The van der Waals surface area contributed by atoms with Crippen LogP contribution in [0.2, 0.25) is 5.02 Å². The predicted molar refractivity (Wildman–Crippen MR) is 91.9 cm³/mol. The summed E-state index contributed by atoms with van der Waals surface area (Å²) in [6.45, 7) is 3.33. The molecule has 2 heterocycles. The number of likely N-dealkylation sites (tertiary alicyclic amines) is 1. The predicted octanol–water partition coefficient (Wildman–Crippen LogP) is 3.43. The Morgan fingerprint density at radius 3 is 3.17 bits per heavy atom. The number of amides is 2. The van der Waals surface area contributed by atoms with Gasteiger partial charge in [0.25, 0.3) is 0 Å². The van der Waals surface area contributed by atoms with Crippen LogP contribution in [0.5, 0.6) is 0 Å². The van der Waals surface area contributed by atoms with Crippen molar-refractivity contribution >= 4 is 34.2 Å². The van der Waals surface area contributed by atoms with Crippen molar-refractivity contribution in [2.45, 2.75) is 19.8 Å². The summed E-state index contributed by atoms with van der Waals surface area (Å²) in [5, 5.41) is 13.6. The van der Waals surface area contributed by atoms with Gasteiger partial charge in [0.15, 0.2) is 0 Å². The van der Waals surface area contributed by atoms with Gasteiger partial charge in [0.05, 0.1) is 16.2 Å². The van der Waals surface area contributed by atoms with Gasteiger partial charge in [-0.3, -0.25) is 4.98 Å². The lowest BCUT2D eigenvalue weighted by atomic mass is 9.99. The molecule has 2 aromatic rings. The Morgan fingerprint density at radius 1 is 1.57 bits per heavy atom. The molecule has 122 valence electrons. The van der Waals surface area contributed by atoms with Crippen LogP contribution in [0.1, 0.15) is 18.4 Å². The number of fused-ring (bicyclic) bond motifs is 1. The lowest BCUT2D eigenvalue weighted by Gasteiger charge is -2.32. The maximum absolute atomic E-state index is 12.6. The molecule has 0 spiro atoms. The second-order valence-electron chi connectivity index (χ2n) is 6.02. The van der Waals surface area contributed by atoms with E-state index in [1.54, 1.807) is 11.1 Å². The van der Waals surface area contributed by atoms with Gasteiger partial charge < -0.3 is 15.3 Å². The number of aromatic nitrogens is 1. The van der Waals surface area contributed by atoms with Crippen molar-refractivity contribution in [3.63, 3.8) is 0 Å². The highest BCUT2D eigenvalue weighted by molar-refractivity contribution is 6.35. The highest BCUT2D eigenvalue weighted by Gasteiger charge is 2.24. The first-order valence-corrected chi connectivity index (χ1v) is 8.18. The maximum atomic E-state index is 12.6. The quantitative estimate of drug-likeness (QED) is 0.884. The fourth-order valence-electron chi connectivity index (χ4n) is 3.09. The zero-order chi connectivity index (χ0) is 16.4. The van der Waals surface area contributed by atoms with E-state index < -0.39 is 0 Å². The Morgan fingerprint density at radius 2 is 2.39 bits per heavy atom. The van der Waals surface area contributed by atoms with E-state index in [4.69, 9.17) is 11.6 Å². The number of carbonyl (C=O) groups is 1. The number of pyridine rings is 1. The van der Waals surface area contributed by atoms with E-state index in [1.807, 2.05) is 25.1 Å².